The number of aromatic nitrogens is 2. The lowest BCUT2D eigenvalue weighted by molar-refractivity contribution is 0.733. The topological polar surface area (TPSA) is 91.5 Å². The number of benzene rings is 2. The lowest BCUT2D eigenvalue weighted by atomic mass is 10.1. The second-order valence-corrected chi connectivity index (χ2v) is 12.3. The van der Waals surface area contributed by atoms with E-state index in [2.05, 4.69) is 130 Å². The van der Waals surface area contributed by atoms with Crippen LogP contribution in [0, 0.1) is 7.14 Å². The third kappa shape index (κ3) is 7.62. The van der Waals surface area contributed by atoms with Crippen molar-refractivity contribution in [3.63, 3.8) is 0 Å². The molecule has 0 aliphatic carbocycles. The predicted molar refractivity (Wildman–Crippen MR) is 185 cm³/mol. The van der Waals surface area contributed by atoms with E-state index in [0.717, 1.165) is 51.5 Å². The summed E-state index contributed by atoms with van der Waals surface area (Å²) in [5, 5.41) is 6.94. The van der Waals surface area contributed by atoms with Crippen LogP contribution in [0.5, 0.6) is 0 Å². The standard InChI is InChI=1S/C31H35I2N7/c1-19(8-9-20(2)22-11-13-27-28(16-22)39-29(18-36-27)40(4)5)17-37-31-24(7-6-14-35-31)30(34)38-21(3)23-10-12-25(32)26(33)15-23/h6-13,15-16,18,21,35,37H,14,17H2,1-5H3,(H2,34,38)/b19-8+,20-9+. The number of anilines is 1. The molecule has 1 aliphatic heterocycles. The Morgan fingerprint density at radius 1 is 1.12 bits per heavy atom. The molecule has 2 heterocycles. The van der Waals surface area contributed by atoms with Crippen LogP contribution in [0.25, 0.3) is 16.6 Å². The molecule has 7 nitrogen and oxygen atoms in total. The second-order valence-electron chi connectivity index (χ2n) is 9.98. The number of allylic oxidation sites excluding steroid dienone is 3. The van der Waals surface area contributed by atoms with Crippen molar-refractivity contribution in [2.24, 2.45) is 10.7 Å². The first-order valence-electron chi connectivity index (χ1n) is 13.1. The Morgan fingerprint density at radius 3 is 2.67 bits per heavy atom. The SMILES string of the molecule is C/C(=C\C=C(/C)c1ccc2ncc(N(C)C)nc2c1)CNC1=C(C(N)=NC(C)c2ccc(I)c(I)c2)C=CCN1. The number of hydrogen-bond acceptors (Lipinski definition) is 6. The number of dihydropyridines is 1. The van der Waals surface area contributed by atoms with Crippen LogP contribution in [0.4, 0.5) is 5.82 Å². The van der Waals surface area contributed by atoms with Crippen LogP contribution >= 0.6 is 45.2 Å². The zero-order valence-electron chi connectivity index (χ0n) is 23.5. The molecule has 208 valence electrons. The number of nitrogens with two attached hydrogens (primary N) is 1. The Labute approximate surface area is 264 Å². The van der Waals surface area contributed by atoms with Crippen molar-refractivity contribution in [3.05, 3.63) is 102 Å². The number of hydrogen-bond donors (Lipinski definition) is 3. The number of amidine groups is 1. The Morgan fingerprint density at radius 2 is 1.93 bits per heavy atom. The highest BCUT2D eigenvalue weighted by Crippen LogP contribution is 2.24. The van der Waals surface area contributed by atoms with E-state index in [1.165, 1.54) is 12.7 Å². The zero-order chi connectivity index (χ0) is 28.8. The largest absolute Gasteiger partial charge is 0.383 e. The molecule has 3 aromatic rings. The van der Waals surface area contributed by atoms with Gasteiger partial charge in [0, 0.05) is 34.3 Å². The predicted octanol–water partition coefficient (Wildman–Crippen LogP) is 6.33. The summed E-state index contributed by atoms with van der Waals surface area (Å²) in [5.41, 5.74) is 13.8. The molecule has 0 saturated carbocycles. The Kier molecular flexibility index (Phi) is 10.2. The van der Waals surface area contributed by atoms with Crippen molar-refractivity contribution in [1.29, 1.82) is 0 Å². The molecule has 0 saturated heterocycles. The number of fused-ring (bicyclic) bond motifs is 1. The van der Waals surface area contributed by atoms with E-state index < -0.39 is 0 Å². The number of aliphatic imine (C=N–C) groups is 1. The highest BCUT2D eigenvalue weighted by Gasteiger charge is 2.14. The minimum absolute atomic E-state index is 0.0418. The van der Waals surface area contributed by atoms with Gasteiger partial charge in [0.25, 0.3) is 0 Å². The minimum atomic E-state index is -0.0418. The third-order valence-corrected chi connectivity index (χ3v) is 9.46. The lowest BCUT2D eigenvalue weighted by Crippen LogP contribution is -2.34. The van der Waals surface area contributed by atoms with Crippen LogP contribution in [-0.2, 0) is 0 Å². The summed E-state index contributed by atoms with van der Waals surface area (Å²) in [6.45, 7) is 7.72. The number of rotatable bonds is 9. The molecule has 4 N–H and O–H groups in total. The summed E-state index contributed by atoms with van der Waals surface area (Å²) < 4.78 is 2.45. The van der Waals surface area contributed by atoms with Crippen LogP contribution < -0.4 is 21.3 Å². The lowest BCUT2D eigenvalue weighted by Gasteiger charge is -2.20. The van der Waals surface area contributed by atoms with Crippen molar-refractivity contribution >= 4 is 73.4 Å². The van der Waals surface area contributed by atoms with Crippen LogP contribution in [-0.4, -0.2) is 43.0 Å². The van der Waals surface area contributed by atoms with Crippen LogP contribution in [0.15, 0.2) is 88.9 Å². The van der Waals surface area contributed by atoms with Gasteiger partial charge in [-0.1, -0.05) is 35.9 Å². The highest BCUT2D eigenvalue weighted by atomic mass is 127. The maximum Gasteiger partial charge on any atom is 0.147 e. The molecular formula is C31H35I2N7. The van der Waals surface area contributed by atoms with Gasteiger partial charge in [0.05, 0.1) is 28.8 Å². The van der Waals surface area contributed by atoms with E-state index in [9.17, 15) is 0 Å². The summed E-state index contributed by atoms with van der Waals surface area (Å²) in [6, 6.07) is 12.6. The van der Waals surface area contributed by atoms with E-state index in [-0.39, 0.29) is 6.04 Å². The quantitative estimate of drug-likeness (QED) is 0.102. The van der Waals surface area contributed by atoms with E-state index in [1.54, 1.807) is 6.20 Å². The first-order chi connectivity index (χ1) is 19.1. The molecule has 0 radical (unpaired) electrons. The monoisotopic (exact) mass is 759 g/mol. The molecule has 1 atom stereocenters. The van der Waals surface area contributed by atoms with Gasteiger partial charge in [-0.05, 0) is 113 Å². The number of halogens is 2. The Balaban J connectivity index is 1.46. The first kappa shape index (κ1) is 30.0. The van der Waals surface area contributed by atoms with Gasteiger partial charge in [-0.15, -0.1) is 0 Å². The first-order valence-corrected chi connectivity index (χ1v) is 15.2. The van der Waals surface area contributed by atoms with Gasteiger partial charge < -0.3 is 21.3 Å². The molecular weight excluding hydrogens is 724 g/mol. The smallest absolute Gasteiger partial charge is 0.147 e. The molecule has 4 rings (SSSR count). The average Bonchev–Trinajstić information content (AvgIpc) is 2.95. The van der Waals surface area contributed by atoms with E-state index in [4.69, 9.17) is 15.7 Å². The van der Waals surface area contributed by atoms with Crippen molar-refractivity contribution in [1.82, 2.24) is 20.6 Å². The van der Waals surface area contributed by atoms with Crippen LogP contribution in [0.1, 0.15) is 37.9 Å². The summed E-state index contributed by atoms with van der Waals surface area (Å²) in [6.07, 6.45) is 10.2. The molecule has 0 amide bonds. The molecule has 1 unspecified atom stereocenters. The Bertz CT molecular complexity index is 1550. The zero-order valence-corrected chi connectivity index (χ0v) is 27.8. The molecule has 9 heteroatoms. The minimum Gasteiger partial charge on any atom is -0.383 e. The van der Waals surface area contributed by atoms with Gasteiger partial charge in [0.15, 0.2) is 0 Å². The molecule has 40 heavy (non-hydrogen) atoms. The van der Waals surface area contributed by atoms with E-state index in [0.29, 0.717) is 12.4 Å². The summed E-state index contributed by atoms with van der Waals surface area (Å²) >= 11 is 4.70. The summed E-state index contributed by atoms with van der Waals surface area (Å²) in [7, 11) is 3.94. The summed E-state index contributed by atoms with van der Waals surface area (Å²) in [4.78, 5) is 16.0. The molecule has 0 spiro atoms. The van der Waals surface area contributed by atoms with Gasteiger partial charge >= 0.3 is 0 Å². The van der Waals surface area contributed by atoms with Gasteiger partial charge in [-0.25, -0.2) is 4.98 Å². The maximum absolute atomic E-state index is 6.50. The fraction of sp³-hybridized carbons (Fsp3) is 0.258. The second kappa shape index (κ2) is 13.6. The van der Waals surface area contributed by atoms with Gasteiger partial charge in [-0.3, -0.25) is 9.98 Å². The van der Waals surface area contributed by atoms with Gasteiger partial charge in [-0.2, -0.15) is 0 Å². The normalized spacial score (nSPS) is 15.3. The maximum atomic E-state index is 6.50. The van der Waals surface area contributed by atoms with Gasteiger partial charge in [0.1, 0.15) is 17.5 Å². The van der Waals surface area contributed by atoms with Crippen molar-refractivity contribution in [3.8, 4) is 0 Å². The Hall–Kier alpha value is -2.93. The fourth-order valence-electron chi connectivity index (χ4n) is 4.13. The van der Waals surface area contributed by atoms with Crippen molar-refractivity contribution in [2.75, 3.05) is 32.1 Å². The molecule has 0 fully saturated rings. The molecule has 0 bridgehead atoms. The fourth-order valence-corrected chi connectivity index (χ4v) is 5.00. The highest BCUT2D eigenvalue weighted by molar-refractivity contribution is 14.1. The van der Waals surface area contributed by atoms with Crippen molar-refractivity contribution < 1.29 is 0 Å². The van der Waals surface area contributed by atoms with E-state index >= 15 is 0 Å². The van der Waals surface area contributed by atoms with Gasteiger partial charge in [0.2, 0.25) is 0 Å². The molecule has 2 aromatic carbocycles. The number of nitrogens with zero attached hydrogens (tertiary/aromatic N) is 4. The third-order valence-electron chi connectivity index (χ3n) is 6.59. The molecule has 1 aromatic heterocycles. The van der Waals surface area contributed by atoms with E-state index in [1.807, 2.05) is 31.1 Å². The van der Waals surface area contributed by atoms with Crippen LogP contribution in [0.3, 0.4) is 0 Å². The average molecular weight is 759 g/mol. The number of nitrogens with one attached hydrogen (secondary N) is 2. The molecule has 1 aliphatic rings. The van der Waals surface area contributed by atoms with Crippen molar-refractivity contribution in [2.45, 2.75) is 26.8 Å². The van der Waals surface area contributed by atoms with Crippen LogP contribution in [0.2, 0.25) is 0 Å². The summed E-state index contributed by atoms with van der Waals surface area (Å²) in [5.74, 6) is 2.25.